The first kappa shape index (κ1) is 22.7. The van der Waals surface area contributed by atoms with Crippen LogP contribution in [0.4, 0.5) is 5.69 Å². The molecule has 33 heavy (non-hydrogen) atoms. The zero-order chi connectivity index (χ0) is 23.4. The van der Waals surface area contributed by atoms with Gasteiger partial charge in [-0.2, -0.15) is 0 Å². The fraction of sp³-hybridized carbons (Fsp3) is 0.240. The van der Waals surface area contributed by atoms with Gasteiger partial charge in [-0.3, -0.25) is 9.10 Å². The molecule has 0 aromatic heterocycles. The van der Waals surface area contributed by atoms with Gasteiger partial charge in [-0.25, -0.2) is 8.42 Å². The van der Waals surface area contributed by atoms with Crippen LogP contribution >= 0.6 is 0 Å². The number of rotatable bonds is 7. The summed E-state index contributed by atoms with van der Waals surface area (Å²) in [6.45, 7) is 3.12. The molecule has 8 heteroatoms. The van der Waals surface area contributed by atoms with Crippen LogP contribution in [0.2, 0.25) is 0 Å². The van der Waals surface area contributed by atoms with Crippen molar-refractivity contribution in [2.75, 3.05) is 23.8 Å². The lowest BCUT2D eigenvalue weighted by Crippen LogP contribution is -2.29. The number of nitrogens with one attached hydrogen (secondary N) is 1. The number of sulfonamides is 1. The summed E-state index contributed by atoms with van der Waals surface area (Å²) in [7, 11) is -3.46. The Morgan fingerprint density at radius 2 is 1.64 bits per heavy atom. The van der Waals surface area contributed by atoms with E-state index in [1.165, 1.54) is 10.6 Å². The largest absolute Gasteiger partial charge is 0.486 e. The van der Waals surface area contributed by atoms with Crippen molar-refractivity contribution in [3.63, 3.8) is 0 Å². The Kier molecular flexibility index (Phi) is 6.55. The molecule has 0 saturated carbocycles. The number of benzene rings is 3. The van der Waals surface area contributed by atoms with Gasteiger partial charge in [0.1, 0.15) is 13.2 Å². The maximum atomic E-state index is 12.8. The minimum Gasteiger partial charge on any atom is -0.486 e. The van der Waals surface area contributed by atoms with Crippen molar-refractivity contribution in [3.8, 4) is 11.5 Å². The second-order valence-electron chi connectivity index (χ2n) is 7.90. The summed E-state index contributed by atoms with van der Waals surface area (Å²) in [5, 5.41) is 2.99. The maximum Gasteiger partial charge on any atom is 0.251 e. The van der Waals surface area contributed by atoms with E-state index >= 15 is 0 Å². The van der Waals surface area contributed by atoms with E-state index < -0.39 is 10.0 Å². The molecule has 0 spiro atoms. The van der Waals surface area contributed by atoms with Gasteiger partial charge < -0.3 is 14.8 Å². The van der Waals surface area contributed by atoms with Crippen LogP contribution < -0.4 is 19.1 Å². The van der Waals surface area contributed by atoms with Crippen LogP contribution in [-0.2, 0) is 16.6 Å². The standard InChI is InChI=1S/C25H26N2O5S/c1-18(21-12-13-23-24(16-21)32-15-14-31-23)26-25(28)20-10-8-19(9-11-20)17-27(33(2,29)30)22-6-4-3-5-7-22/h3-13,16,18H,14-15,17H2,1-2H3,(H,26,28). The summed E-state index contributed by atoms with van der Waals surface area (Å²) in [5.41, 5.74) is 2.78. The van der Waals surface area contributed by atoms with Gasteiger partial charge in [0.15, 0.2) is 11.5 Å². The molecule has 1 aliphatic rings. The van der Waals surface area contributed by atoms with Crippen LogP contribution in [0.15, 0.2) is 72.8 Å². The van der Waals surface area contributed by atoms with E-state index in [2.05, 4.69) is 5.32 Å². The molecule has 3 aromatic carbocycles. The normalized spacial score (nSPS) is 13.8. The lowest BCUT2D eigenvalue weighted by molar-refractivity contribution is 0.0939. The van der Waals surface area contributed by atoms with Crippen molar-refractivity contribution >= 4 is 21.6 Å². The third-order valence-electron chi connectivity index (χ3n) is 5.40. The van der Waals surface area contributed by atoms with E-state index in [1.807, 2.05) is 31.2 Å². The van der Waals surface area contributed by atoms with Gasteiger partial charge in [0.05, 0.1) is 24.5 Å². The Morgan fingerprint density at radius 3 is 2.30 bits per heavy atom. The van der Waals surface area contributed by atoms with Crippen LogP contribution in [0.25, 0.3) is 0 Å². The molecule has 0 fully saturated rings. The molecule has 3 aromatic rings. The highest BCUT2D eigenvalue weighted by molar-refractivity contribution is 7.92. The molecular weight excluding hydrogens is 440 g/mol. The van der Waals surface area contributed by atoms with Crippen LogP contribution in [0.5, 0.6) is 11.5 Å². The molecule has 4 rings (SSSR count). The van der Waals surface area contributed by atoms with Crippen LogP contribution in [0.1, 0.15) is 34.5 Å². The Morgan fingerprint density at radius 1 is 0.970 bits per heavy atom. The van der Waals surface area contributed by atoms with Crippen molar-refractivity contribution in [3.05, 3.63) is 89.5 Å². The van der Waals surface area contributed by atoms with Gasteiger partial charge >= 0.3 is 0 Å². The third-order valence-corrected chi connectivity index (χ3v) is 6.54. The summed E-state index contributed by atoms with van der Waals surface area (Å²) in [4.78, 5) is 12.8. The molecule has 0 aliphatic carbocycles. The van der Waals surface area contributed by atoms with E-state index in [-0.39, 0.29) is 18.5 Å². The molecular formula is C25H26N2O5S. The summed E-state index contributed by atoms with van der Waals surface area (Å²) >= 11 is 0. The quantitative estimate of drug-likeness (QED) is 0.571. The maximum absolute atomic E-state index is 12.8. The molecule has 172 valence electrons. The minimum atomic E-state index is -3.46. The van der Waals surface area contributed by atoms with Gasteiger partial charge in [0.2, 0.25) is 10.0 Å². The number of hydrogen-bond acceptors (Lipinski definition) is 5. The van der Waals surface area contributed by atoms with Crippen molar-refractivity contribution in [2.45, 2.75) is 19.5 Å². The molecule has 1 unspecified atom stereocenters. The Labute approximate surface area is 194 Å². The lowest BCUT2D eigenvalue weighted by atomic mass is 10.1. The van der Waals surface area contributed by atoms with Gasteiger partial charge in [-0.1, -0.05) is 36.4 Å². The monoisotopic (exact) mass is 466 g/mol. The number of ether oxygens (including phenoxy) is 2. The smallest absolute Gasteiger partial charge is 0.251 e. The molecule has 0 saturated heterocycles. The van der Waals surface area contributed by atoms with E-state index in [9.17, 15) is 13.2 Å². The number of hydrogen-bond donors (Lipinski definition) is 1. The summed E-state index contributed by atoms with van der Waals surface area (Å²) < 4.78 is 37.1. The number of anilines is 1. The fourth-order valence-corrected chi connectivity index (χ4v) is 4.50. The molecule has 1 heterocycles. The predicted octanol–water partition coefficient (Wildman–Crippen LogP) is 3.92. The fourth-order valence-electron chi connectivity index (χ4n) is 3.61. The Balaban J connectivity index is 1.43. The number of fused-ring (bicyclic) bond motifs is 1. The second kappa shape index (κ2) is 9.54. The molecule has 1 N–H and O–H groups in total. The van der Waals surface area contributed by atoms with E-state index in [0.717, 1.165) is 11.1 Å². The first-order valence-corrected chi connectivity index (χ1v) is 12.5. The molecule has 1 atom stereocenters. The first-order chi connectivity index (χ1) is 15.8. The Bertz CT molecular complexity index is 1230. The van der Waals surface area contributed by atoms with Crippen LogP contribution in [-0.4, -0.2) is 33.8 Å². The summed E-state index contributed by atoms with van der Waals surface area (Å²) in [6, 6.07) is 21.3. The number of nitrogens with zero attached hydrogens (tertiary/aromatic N) is 1. The topological polar surface area (TPSA) is 84.9 Å². The highest BCUT2D eigenvalue weighted by Gasteiger charge is 2.19. The van der Waals surface area contributed by atoms with E-state index in [0.29, 0.717) is 36.0 Å². The number of para-hydroxylation sites is 1. The predicted molar refractivity (Wildman–Crippen MR) is 127 cm³/mol. The van der Waals surface area contributed by atoms with Gasteiger partial charge in [0.25, 0.3) is 5.91 Å². The highest BCUT2D eigenvalue weighted by atomic mass is 32.2. The third kappa shape index (κ3) is 5.46. The average molecular weight is 467 g/mol. The van der Waals surface area contributed by atoms with Crippen molar-refractivity contribution in [1.82, 2.24) is 5.32 Å². The van der Waals surface area contributed by atoms with Gasteiger partial charge in [-0.05, 0) is 54.4 Å². The van der Waals surface area contributed by atoms with Gasteiger partial charge in [0, 0.05) is 5.56 Å². The molecule has 7 nitrogen and oxygen atoms in total. The number of carbonyl (C=O) groups is 1. The van der Waals surface area contributed by atoms with Crippen molar-refractivity contribution in [2.24, 2.45) is 0 Å². The molecule has 1 amide bonds. The molecule has 0 bridgehead atoms. The zero-order valence-corrected chi connectivity index (χ0v) is 19.3. The highest BCUT2D eigenvalue weighted by Crippen LogP contribution is 2.32. The van der Waals surface area contributed by atoms with Gasteiger partial charge in [-0.15, -0.1) is 0 Å². The molecule has 1 aliphatic heterocycles. The number of carbonyl (C=O) groups excluding carboxylic acids is 1. The second-order valence-corrected chi connectivity index (χ2v) is 9.81. The average Bonchev–Trinajstić information content (AvgIpc) is 2.82. The van der Waals surface area contributed by atoms with E-state index in [4.69, 9.17) is 9.47 Å². The minimum absolute atomic E-state index is 0.179. The Hall–Kier alpha value is -3.52. The first-order valence-electron chi connectivity index (χ1n) is 10.6. The zero-order valence-electron chi connectivity index (χ0n) is 18.5. The van der Waals surface area contributed by atoms with Crippen LogP contribution in [0, 0.1) is 0 Å². The van der Waals surface area contributed by atoms with Crippen LogP contribution in [0.3, 0.4) is 0 Å². The SMILES string of the molecule is CC(NC(=O)c1ccc(CN(c2ccccc2)S(C)(=O)=O)cc1)c1ccc2c(c1)OCCO2. The lowest BCUT2D eigenvalue weighted by Gasteiger charge is -2.22. The van der Waals surface area contributed by atoms with E-state index in [1.54, 1.807) is 48.5 Å². The molecule has 0 radical (unpaired) electrons. The van der Waals surface area contributed by atoms with Crippen molar-refractivity contribution < 1.29 is 22.7 Å². The van der Waals surface area contributed by atoms with Crippen molar-refractivity contribution in [1.29, 1.82) is 0 Å². The number of amides is 1. The summed E-state index contributed by atoms with van der Waals surface area (Å²) in [5.74, 6) is 1.17. The summed E-state index contributed by atoms with van der Waals surface area (Å²) in [6.07, 6.45) is 1.18.